The average molecular weight is 433 g/mol. The van der Waals surface area contributed by atoms with Gasteiger partial charge in [-0.3, -0.25) is 14.4 Å². The predicted octanol–water partition coefficient (Wildman–Crippen LogP) is -0.0417. The first-order valence-electron chi connectivity index (χ1n) is 9.26. The number of carboxylic acid groups (broad SMARTS) is 1. The molecule has 0 saturated heterocycles. The summed E-state index contributed by atoms with van der Waals surface area (Å²) in [7, 11) is 0. The highest BCUT2D eigenvalue weighted by Gasteiger charge is 2.19. The molecule has 4 aromatic rings. The number of carbonyl (C=O) groups excluding carboxylic acids is 1. The first-order valence-corrected chi connectivity index (χ1v) is 9.26. The van der Waals surface area contributed by atoms with Gasteiger partial charge in [0.2, 0.25) is 10.9 Å². The van der Waals surface area contributed by atoms with Crippen molar-refractivity contribution in [2.24, 2.45) is 0 Å². The number of rotatable bonds is 8. The van der Waals surface area contributed by atoms with Crippen LogP contribution in [0.3, 0.4) is 0 Å². The van der Waals surface area contributed by atoms with E-state index in [4.69, 9.17) is 5.41 Å². The van der Waals surface area contributed by atoms with Crippen molar-refractivity contribution >= 4 is 29.6 Å². The summed E-state index contributed by atoms with van der Waals surface area (Å²) >= 11 is 0. The van der Waals surface area contributed by atoms with E-state index in [1.807, 2.05) is 0 Å². The van der Waals surface area contributed by atoms with Crippen molar-refractivity contribution in [1.29, 1.82) is 5.41 Å². The zero-order valence-electron chi connectivity index (χ0n) is 16.3. The van der Waals surface area contributed by atoms with Crippen LogP contribution in [-0.4, -0.2) is 42.8 Å². The van der Waals surface area contributed by atoms with E-state index < -0.39 is 22.7 Å². The lowest BCUT2D eigenvalue weighted by Crippen LogP contribution is -2.38. The van der Waals surface area contributed by atoms with Gasteiger partial charge in [-0.05, 0) is 11.1 Å². The minimum Gasteiger partial charge on any atom is -0.477 e. The van der Waals surface area contributed by atoms with Crippen molar-refractivity contribution in [2.45, 2.75) is 13.1 Å². The van der Waals surface area contributed by atoms with Crippen LogP contribution in [0.25, 0.3) is 5.78 Å². The van der Waals surface area contributed by atoms with E-state index in [-0.39, 0.29) is 41.5 Å². The van der Waals surface area contributed by atoms with E-state index in [0.29, 0.717) is 0 Å². The number of hydrogen-bond acceptors (Lipinski definition) is 9. The number of aromatic nitrogens is 4. The summed E-state index contributed by atoms with van der Waals surface area (Å²) in [5, 5.41) is 25.8. The monoisotopic (exact) mass is 433 g/mol. The highest BCUT2D eigenvalue weighted by molar-refractivity contribution is 5.95. The van der Waals surface area contributed by atoms with E-state index in [2.05, 4.69) is 25.7 Å². The van der Waals surface area contributed by atoms with Crippen LogP contribution in [0.4, 0.5) is 5.69 Å². The number of carbonyl (C=O) groups is 2. The Bertz CT molecular complexity index is 1450. The summed E-state index contributed by atoms with van der Waals surface area (Å²) in [6, 6.07) is 8.25. The zero-order valence-corrected chi connectivity index (χ0v) is 16.3. The summed E-state index contributed by atoms with van der Waals surface area (Å²) in [6.45, 7) is 0.390. The Morgan fingerprint density at radius 1 is 1.12 bits per heavy atom. The lowest BCUT2D eigenvalue weighted by atomic mass is 10.1. The minimum atomic E-state index is -1.27. The number of aromatic carboxylic acids is 1. The Labute approximate surface area is 178 Å². The highest BCUT2D eigenvalue weighted by atomic mass is 16.4. The predicted molar refractivity (Wildman–Crippen MR) is 112 cm³/mol. The van der Waals surface area contributed by atoms with Gasteiger partial charge in [0.25, 0.3) is 11.7 Å². The summed E-state index contributed by atoms with van der Waals surface area (Å²) in [6.07, 6.45) is 1.99. The van der Waals surface area contributed by atoms with Crippen molar-refractivity contribution in [3.63, 3.8) is 0 Å². The van der Waals surface area contributed by atoms with Crippen LogP contribution < -0.4 is 21.5 Å². The first kappa shape index (κ1) is 20.5. The van der Waals surface area contributed by atoms with Gasteiger partial charge in [-0.15, -0.1) is 0 Å². The van der Waals surface area contributed by atoms with E-state index in [1.165, 1.54) is 0 Å². The molecule has 0 aliphatic carbocycles. The second-order valence-corrected chi connectivity index (χ2v) is 6.75. The molecule has 160 valence electrons. The third-order valence-electron chi connectivity index (χ3n) is 4.71. The molecule has 1 amide bonds. The molecule has 0 radical (unpaired) electrons. The van der Waals surface area contributed by atoms with E-state index >= 15 is 0 Å². The number of amides is 1. The topological polar surface area (TPSA) is 180 Å². The van der Waals surface area contributed by atoms with Crippen LogP contribution in [0, 0.1) is 5.41 Å². The smallest absolute Gasteiger partial charge is 0.354 e. The normalized spacial score (nSPS) is 10.9. The van der Waals surface area contributed by atoms with Gasteiger partial charge in [-0.2, -0.15) is 14.6 Å². The second-order valence-electron chi connectivity index (χ2n) is 6.75. The van der Waals surface area contributed by atoms with Gasteiger partial charge < -0.3 is 21.1 Å². The molecule has 0 fully saturated rings. The van der Waals surface area contributed by atoms with Gasteiger partial charge in [0, 0.05) is 25.4 Å². The molecule has 4 N–H and O–H groups in total. The number of nitrogens with one attached hydrogen (secondary N) is 3. The number of hydrogen-bond donors (Lipinski definition) is 4. The zero-order chi connectivity index (χ0) is 22.8. The molecule has 0 atom stereocenters. The molecule has 0 bridgehead atoms. The quantitative estimate of drug-likeness (QED) is 0.219. The van der Waals surface area contributed by atoms with Crippen LogP contribution in [0.2, 0.25) is 0 Å². The first-order chi connectivity index (χ1) is 15.4. The van der Waals surface area contributed by atoms with E-state index in [1.54, 1.807) is 24.3 Å². The lowest BCUT2D eigenvalue weighted by Gasteiger charge is -2.11. The highest BCUT2D eigenvalue weighted by Crippen LogP contribution is 2.11. The molecule has 0 spiro atoms. The summed E-state index contributed by atoms with van der Waals surface area (Å²) in [4.78, 5) is 54.7. The van der Waals surface area contributed by atoms with Crippen molar-refractivity contribution in [3.05, 3.63) is 85.2 Å². The van der Waals surface area contributed by atoms with Gasteiger partial charge in [0.1, 0.15) is 12.0 Å². The average Bonchev–Trinajstić information content (AvgIpc) is 3.27. The third-order valence-corrected chi connectivity index (χ3v) is 4.71. The molecule has 2 aromatic carbocycles. The van der Waals surface area contributed by atoms with E-state index in [9.17, 15) is 24.3 Å². The molecule has 2 aromatic heterocycles. The number of nitrogens with zero attached hydrogens (tertiary/aromatic N) is 4. The van der Waals surface area contributed by atoms with Gasteiger partial charge in [-0.25, -0.2) is 9.78 Å². The van der Waals surface area contributed by atoms with Gasteiger partial charge in [0.15, 0.2) is 5.69 Å². The van der Waals surface area contributed by atoms with Crippen LogP contribution in [0.1, 0.15) is 37.7 Å². The van der Waals surface area contributed by atoms with Crippen LogP contribution in [0.5, 0.6) is 0 Å². The Morgan fingerprint density at radius 3 is 2.59 bits per heavy atom. The van der Waals surface area contributed by atoms with Crippen LogP contribution in [-0.2, 0) is 13.1 Å². The molecule has 2 heterocycles. The van der Waals surface area contributed by atoms with Crippen molar-refractivity contribution in [2.75, 3.05) is 5.32 Å². The molecule has 12 nitrogen and oxygen atoms in total. The Balaban J connectivity index is 1.44. The van der Waals surface area contributed by atoms with E-state index in [0.717, 1.165) is 34.3 Å². The minimum absolute atomic E-state index is 0.00857. The second kappa shape index (κ2) is 8.18. The fourth-order valence-corrected chi connectivity index (χ4v) is 3.12. The molecule has 32 heavy (non-hydrogen) atoms. The Hall–Kier alpha value is -4.74. The lowest BCUT2D eigenvalue weighted by molar-refractivity contribution is 0.0687. The number of carboxylic acids is 1. The van der Waals surface area contributed by atoms with Crippen LogP contribution >= 0.6 is 0 Å². The number of fused-ring (bicyclic) bond motifs is 1. The van der Waals surface area contributed by atoms with Crippen LogP contribution in [0.15, 0.2) is 46.2 Å². The fourth-order valence-electron chi connectivity index (χ4n) is 3.12. The maximum atomic E-state index is 12.5. The summed E-state index contributed by atoms with van der Waals surface area (Å²) in [5.74, 6) is -1.86. The van der Waals surface area contributed by atoms with Gasteiger partial charge in [0.05, 0.1) is 11.3 Å². The van der Waals surface area contributed by atoms with Gasteiger partial charge in [-0.1, -0.05) is 24.3 Å². The summed E-state index contributed by atoms with van der Waals surface area (Å²) < 4.78 is 1.02. The Kier molecular flexibility index (Phi) is 5.25. The largest absolute Gasteiger partial charge is 0.477 e. The standard InChI is InChI=1S/C20H15N7O5/c21-6-12-15(17(29)16(12)28)22-7-10-2-1-3-11(4-10)8-23-18(30)13-5-14(19(31)32)27-20(26-13)24-9-25-27/h1-6,9,21-22H,7-8H2,(H,23,30)(H,31,32). The maximum Gasteiger partial charge on any atom is 0.354 e. The number of anilines is 1. The number of benzene rings is 1. The van der Waals surface area contributed by atoms with Gasteiger partial charge >= 0.3 is 5.97 Å². The van der Waals surface area contributed by atoms with Crippen molar-refractivity contribution in [1.82, 2.24) is 24.9 Å². The molecule has 4 rings (SSSR count). The summed E-state index contributed by atoms with van der Waals surface area (Å²) in [5.41, 5.74) is 0.0269. The fraction of sp³-hybridized carbons (Fsp3) is 0.100. The molecule has 12 heteroatoms. The molecule has 0 aliphatic heterocycles. The molecule has 0 saturated carbocycles. The molecular weight excluding hydrogens is 418 g/mol. The molecular formula is C20H15N7O5. The van der Waals surface area contributed by atoms with Crippen molar-refractivity contribution < 1.29 is 14.7 Å². The molecule has 0 unspecified atom stereocenters. The van der Waals surface area contributed by atoms with Crippen molar-refractivity contribution in [3.8, 4) is 0 Å². The third kappa shape index (κ3) is 3.71. The SMILES string of the molecule is N=Cc1c(NCc2cccc(CNC(=O)c3cc(C(=O)O)n4ncnc4n3)c2)c(=O)c1=O. The maximum absolute atomic E-state index is 12.5. The molecule has 0 aliphatic rings. The Morgan fingerprint density at radius 2 is 1.88 bits per heavy atom.